The number of hydrogen-bond donors (Lipinski definition) is 0. The Morgan fingerprint density at radius 3 is 2.62 bits per heavy atom. The van der Waals surface area contributed by atoms with Crippen LogP contribution in [0.1, 0.15) is 19.4 Å². The van der Waals surface area contributed by atoms with Gasteiger partial charge in [-0.3, -0.25) is 4.90 Å². The van der Waals surface area contributed by atoms with Gasteiger partial charge in [-0.15, -0.1) is 0 Å². The molecular weight excluding hydrogens is 228 g/mol. The molecule has 3 heteroatoms. The molecule has 0 saturated heterocycles. The summed E-state index contributed by atoms with van der Waals surface area (Å²) in [5.74, 6) is 0. The second-order valence-corrected chi connectivity index (χ2v) is 3.67. The Bertz CT molecular complexity index is 259. The number of nitrogens with zero attached hydrogens (tertiary/aromatic N) is 2. The van der Waals surface area contributed by atoms with Crippen molar-refractivity contribution in [2.24, 2.45) is 0 Å². The van der Waals surface area contributed by atoms with Gasteiger partial charge < -0.3 is 0 Å². The van der Waals surface area contributed by atoms with E-state index in [1.165, 1.54) is 5.56 Å². The lowest BCUT2D eigenvalue weighted by atomic mass is 10.2. The minimum atomic E-state index is 0.960. The largest absolute Gasteiger partial charge is 0.300 e. The quantitative estimate of drug-likeness (QED) is 0.756. The third-order valence-electron chi connectivity index (χ3n) is 2.12. The number of halogens is 1. The predicted octanol–water partition coefficient (Wildman–Crippen LogP) is 2.69. The molecule has 72 valence electrons. The van der Waals surface area contributed by atoms with Crippen LogP contribution in [0.5, 0.6) is 0 Å². The van der Waals surface area contributed by atoms with Gasteiger partial charge in [0.25, 0.3) is 0 Å². The number of rotatable bonds is 4. The van der Waals surface area contributed by atoms with Crippen molar-refractivity contribution in [2.75, 3.05) is 13.1 Å². The fraction of sp³-hybridized carbons (Fsp3) is 0.500. The average Bonchev–Trinajstić information content (AvgIpc) is 2.17. The first kappa shape index (κ1) is 10.7. The lowest BCUT2D eigenvalue weighted by molar-refractivity contribution is 0.295. The molecule has 0 aliphatic carbocycles. The van der Waals surface area contributed by atoms with Crippen LogP contribution in [0.25, 0.3) is 0 Å². The zero-order chi connectivity index (χ0) is 9.68. The van der Waals surface area contributed by atoms with Gasteiger partial charge in [0.2, 0.25) is 0 Å². The number of aromatic nitrogens is 1. The third kappa shape index (κ3) is 3.08. The van der Waals surface area contributed by atoms with Crippen LogP contribution < -0.4 is 0 Å². The molecule has 0 amide bonds. The van der Waals surface area contributed by atoms with Gasteiger partial charge in [0.1, 0.15) is 4.60 Å². The Balaban J connectivity index is 2.67. The van der Waals surface area contributed by atoms with Gasteiger partial charge >= 0.3 is 0 Å². The highest BCUT2D eigenvalue weighted by Crippen LogP contribution is 2.14. The molecule has 0 atom stereocenters. The molecular formula is C10H15BrN2. The molecule has 2 nitrogen and oxygen atoms in total. The SMILES string of the molecule is CCN(CC)Cc1cccnc1Br. The molecule has 0 saturated carbocycles. The van der Waals surface area contributed by atoms with Crippen LogP contribution in [0.2, 0.25) is 0 Å². The van der Waals surface area contributed by atoms with Crippen LogP contribution in [0.4, 0.5) is 0 Å². The summed E-state index contributed by atoms with van der Waals surface area (Å²) in [7, 11) is 0. The first-order valence-corrected chi connectivity index (χ1v) is 5.39. The third-order valence-corrected chi connectivity index (χ3v) is 2.84. The van der Waals surface area contributed by atoms with Crippen molar-refractivity contribution >= 4 is 15.9 Å². The molecule has 1 aromatic heterocycles. The maximum Gasteiger partial charge on any atom is 0.110 e. The van der Waals surface area contributed by atoms with Crippen molar-refractivity contribution in [1.82, 2.24) is 9.88 Å². The summed E-state index contributed by atoms with van der Waals surface area (Å²) in [4.78, 5) is 6.55. The van der Waals surface area contributed by atoms with Crippen molar-refractivity contribution in [2.45, 2.75) is 20.4 Å². The fourth-order valence-electron chi connectivity index (χ4n) is 1.23. The van der Waals surface area contributed by atoms with Gasteiger partial charge in [-0.05, 0) is 40.6 Å². The van der Waals surface area contributed by atoms with E-state index >= 15 is 0 Å². The Morgan fingerprint density at radius 1 is 1.38 bits per heavy atom. The van der Waals surface area contributed by atoms with E-state index in [2.05, 4.69) is 45.7 Å². The standard InChI is InChI=1S/C10H15BrN2/c1-3-13(4-2)8-9-6-5-7-12-10(9)11/h5-7H,3-4,8H2,1-2H3. The van der Waals surface area contributed by atoms with Crippen LogP contribution in [0.3, 0.4) is 0 Å². The zero-order valence-corrected chi connectivity index (χ0v) is 9.71. The normalized spacial score (nSPS) is 10.8. The molecule has 0 bridgehead atoms. The smallest absolute Gasteiger partial charge is 0.110 e. The Hall–Kier alpha value is -0.410. The van der Waals surface area contributed by atoms with Gasteiger partial charge in [0.05, 0.1) is 0 Å². The summed E-state index contributed by atoms with van der Waals surface area (Å²) in [6.45, 7) is 7.48. The van der Waals surface area contributed by atoms with Crippen LogP contribution in [0, 0.1) is 0 Å². The lowest BCUT2D eigenvalue weighted by Crippen LogP contribution is -2.22. The van der Waals surface area contributed by atoms with Crippen molar-refractivity contribution in [1.29, 1.82) is 0 Å². The van der Waals surface area contributed by atoms with Crippen LogP contribution in [0.15, 0.2) is 22.9 Å². The molecule has 0 spiro atoms. The van der Waals surface area contributed by atoms with Crippen LogP contribution in [-0.4, -0.2) is 23.0 Å². The summed E-state index contributed by atoms with van der Waals surface area (Å²) in [5.41, 5.74) is 1.26. The summed E-state index contributed by atoms with van der Waals surface area (Å²) in [5, 5.41) is 0. The molecule has 0 aliphatic rings. The van der Waals surface area contributed by atoms with E-state index in [1.54, 1.807) is 6.20 Å². The average molecular weight is 243 g/mol. The van der Waals surface area contributed by atoms with E-state index in [0.717, 1.165) is 24.2 Å². The van der Waals surface area contributed by atoms with Gasteiger partial charge in [0, 0.05) is 12.7 Å². The summed E-state index contributed by atoms with van der Waals surface area (Å²) in [6.07, 6.45) is 1.80. The highest BCUT2D eigenvalue weighted by molar-refractivity contribution is 9.10. The monoisotopic (exact) mass is 242 g/mol. The predicted molar refractivity (Wildman–Crippen MR) is 58.6 cm³/mol. The van der Waals surface area contributed by atoms with E-state index < -0.39 is 0 Å². The highest BCUT2D eigenvalue weighted by Gasteiger charge is 2.04. The van der Waals surface area contributed by atoms with Crippen molar-refractivity contribution in [3.05, 3.63) is 28.5 Å². The van der Waals surface area contributed by atoms with E-state index in [0.29, 0.717) is 0 Å². The number of pyridine rings is 1. The van der Waals surface area contributed by atoms with Gasteiger partial charge in [-0.25, -0.2) is 4.98 Å². The second kappa shape index (κ2) is 5.35. The molecule has 13 heavy (non-hydrogen) atoms. The number of hydrogen-bond acceptors (Lipinski definition) is 2. The first-order chi connectivity index (χ1) is 6.27. The lowest BCUT2D eigenvalue weighted by Gasteiger charge is -2.18. The maximum absolute atomic E-state index is 4.19. The minimum Gasteiger partial charge on any atom is -0.300 e. The van der Waals surface area contributed by atoms with E-state index in [1.807, 2.05) is 6.07 Å². The summed E-state index contributed by atoms with van der Waals surface area (Å²) >= 11 is 3.45. The molecule has 1 aromatic rings. The Kier molecular flexibility index (Phi) is 4.39. The van der Waals surface area contributed by atoms with Crippen molar-refractivity contribution in [3.63, 3.8) is 0 Å². The zero-order valence-electron chi connectivity index (χ0n) is 8.13. The Morgan fingerprint density at radius 2 is 2.08 bits per heavy atom. The fourth-order valence-corrected chi connectivity index (χ4v) is 1.60. The van der Waals surface area contributed by atoms with Gasteiger partial charge in [-0.2, -0.15) is 0 Å². The van der Waals surface area contributed by atoms with Gasteiger partial charge in [-0.1, -0.05) is 19.9 Å². The molecule has 0 aromatic carbocycles. The van der Waals surface area contributed by atoms with Crippen molar-refractivity contribution in [3.8, 4) is 0 Å². The first-order valence-electron chi connectivity index (χ1n) is 4.59. The molecule has 0 radical (unpaired) electrons. The van der Waals surface area contributed by atoms with E-state index in [9.17, 15) is 0 Å². The molecule has 0 unspecified atom stereocenters. The molecule has 1 rings (SSSR count). The van der Waals surface area contributed by atoms with E-state index in [4.69, 9.17) is 0 Å². The second-order valence-electron chi connectivity index (χ2n) is 2.91. The molecule has 1 heterocycles. The minimum absolute atomic E-state index is 0.960. The summed E-state index contributed by atoms with van der Waals surface area (Å²) in [6, 6.07) is 4.08. The molecule has 0 fully saturated rings. The van der Waals surface area contributed by atoms with Crippen LogP contribution >= 0.6 is 15.9 Å². The highest BCUT2D eigenvalue weighted by atomic mass is 79.9. The molecule has 0 aliphatic heterocycles. The Labute approximate surface area is 88.1 Å². The molecule has 0 N–H and O–H groups in total. The maximum atomic E-state index is 4.19. The van der Waals surface area contributed by atoms with Crippen molar-refractivity contribution < 1.29 is 0 Å². The van der Waals surface area contributed by atoms with Gasteiger partial charge in [0.15, 0.2) is 0 Å². The van der Waals surface area contributed by atoms with E-state index in [-0.39, 0.29) is 0 Å². The van der Waals surface area contributed by atoms with Crippen LogP contribution in [-0.2, 0) is 6.54 Å². The topological polar surface area (TPSA) is 16.1 Å². The summed E-state index contributed by atoms with van der Waals surface area (Å²) < 4.78 is 0.960.